The van der Waals surface area contributed by atoms with Crippen molar-refractivity contribution < 1.29 is 28.3 Å². The zero-order valence-corrected chi connectivity index (χ0v) is 25.2. The Morgan fingerprint density at radius 2 is 1.48 bits per heavy atom. The summed E-state index contributed by atoms with van der Waals surface area (Å²) in [5, 5.41) is 13.6. The molecule has 0 aliphatic heterocycles. The number of benzene rings is 4. The van der Waals surface area contributed by atoms with Crippen LogP contribution in [0.1, 0.15) is 52.7 Å². The summed E-state index contributed by atoms with van der Waals surface area (Å²) in [6.07, 6.45) is 6.71. The number of carboxylic acid groups (broad SMARTS) is 1. The van der Waals surface area contributed by atoms with Gasteiger partial charge in [-0.15, -0.1) is 0 Å². The van der Waals surface area contributed by atoms with Crippen LogP contribution in [-0.2, 0) is 17.9 Å². The minimum Gasteiger partial charge on any atom is -0.477 e. The molecule has 0 bridgehead atoms. The monoisotopic (exact) mass is 623 g/mol. The van der Waals surface area contributed by atoms with Gasteiger partial charge in [0.2, 0.25) is 0 Å². The molecule has 1 aliphatic carbocycles. The van der Waals surface area contributed by atoms with E-state index in [0.29, 0.717) is 17.8 Å². The molecule has 236 valence electrons. The van der Waals surface area contributed by atoms with Crippen molar-refractivity contribution in [2.75, 3.05) is 11.4 Å². The lowest BCUT2D eigenvalue weighted by Gasteiger charge is -2.25. The summed E-state index contributed by atoms with van der Waals surface area (Å²) in [5.74, 6) is -7.21. The Morgan fingerprint density at radius 1 is 0.783 bits per heavy atom. The maximum Gasteiger partial charge on any atom is 0.376 e. The van der Waals surface area contributed by atoms with E-state index in [-0.39, 0.29) is 18.1 Å². The van der Waals surface area contributed by atoms with Gasteiger partial charge < -0.3 is 15.7 Å². The Labute approximate surface area is 266 Å². The van der Waals surface area contributed by atoms with E-state index in [0.717, 1.165) is 41.5 Å². The van der Waals surface area contributed by atoms with Gasteiger partial charge in [0.25, 0.3) is 5.91 Å². The van der Waals surface area contributed by atoms with E-state index < -0.39 is 24.3 Å². The van der Waals surface area contributed by atoms with Crippen LogP contribution in [0.25, 0.3) is 16.7 Å². The highest BCUT2D eigenvalue weighted by Gasteiger charge is 2.39. The van der Waals surface area contributed by atoms with Gasteiger partial charge in [-0.25, -0.2) is 9.59 Å². The smallest absolute Gasteiger partial charge is 0.376 e. The zero-order valence-electron chi connectivity index (χ0n) is 25.2. The van der Waals surface area contributed by atoms with Crippen molar-refractivity contribution in [2.45, 2.75) is 44.7 Å². The van der Waals surface area contributed by atoms with Crippen LogP contribution >= 0.6 is 0 Å². The molecule has 46 heavy (non-hydrogen) atoms. The minimum atomic E-state index is -4.08. The van der Waals surface area contributed by atoms with Crippen molar-refractivity contribution >= 4 is 29.2 Å². The predicted octanol–water partition coefficient (Wildman–Crippen LogP) is 7.68. The highest BCUT2D eigenvalue weighted by molar-refractivity contribution is 5.95. The van der Waals surface area contributed by atoms with E-state index in [1.165, 1.54) is 24.1 Å². The van der Waals surface area contributed by atoms with E-state index in [9.17, 15) is 23.2 Å². The molecule has 5 rings (SSSR count). The number of rotatable bonds is 11. The summed E-state index contributed by atoms with van der Waals surface area (Å²) in [7, 11) is 0. The topological polar surface area (TPSA) is 98.7 Å². The number of urea groups is 1. The van der Waals surface area contributed by atoms with E-state index in [1.54, 1.807) is 17.0 Å². The molecule has 4 aromatic rings. The third-order valence-electron chi connectivity index (χ3n) is 7.96. The average Bonchev–Trinajstić information content (AvgIpc) is 3.09. The first kappa shape index (κ1) is 32.1. The fourth-order valence-corrected chi connectivity index (χ4v) is 5.39. The first-order valence-corrected chi connectivity index (χ1v) is 15.2. The van der Waals surface area contributed by atoms with Gasteiger partial charge in [-0.2, -0.15) is 8.78 Å². The van der Waals surface area contributed by atoms with Crippen LogP contribution in [0.2, 0.25) is 0 Å². The number of nitrogens with zero attached hydrogens (tertiary/aromatic N) is 1. The van der Waals surface area contributed by atoms with Gasteiger partial charge in [-0.05, 0) is 83.3 Å². The summed E-state index contributed by atoms with van der Waals surface area (Å²) >= 11 is 0. The number of alkyl halides is 2. The van der Waals surface area contributed by atoms with Crippen LogP contribution in [0, 0.1) is 0 Å². The summed E-state index contributed by atoms with van der Waals surface area (Å²) in [6.45, 7) is -0.851. The fraction of sp³-hybridized carbons (Fsp3) is 0.216. The van der Waals surface area contributed by atoms with Gasteiger partial charge in [0.05, 0.1) is 13.1 Å². The van der Waals surface area contributed by atoms with E-state index in [4.69, 9.17) is 5.11 Å². The summed E-state index contributed by atoms with van der Waals surface area (Å²) < 4.78 is 26.8. The molecule has 7 nitrogen and oxygen atoms in total. The summed E-state index contributed by atoms with van der Waals surface area (Å²) in [6, 6.07) is 31.6. The van der Waals surface area contributed by atoms with Crippen LogP contribution in [0.3, 0.4) is 0 Å². The number of anilines is 1. The molecule has 0 atom stereocenters. The predicted molar refractivity (Wildman–Crippen MR) is 175 cm³/mol. The van der Waals surface area contributed by atoms with Gasteiger partial charge in [0.1, 0.15) is 0 Å². The molecule has 3 amide bonds. The zero-order chi connectivity index (χ0) is 32.5. The number of nitrogens with one attached hydrogen (secondary N) is 2. The van der Waals surface area contributed by atoms with Crippen LogP contribution in [0.15, 0.2) is 109 Å². The normalized spacial score (nSPS) is 13.0. The van der Waals surface area contributed by atoms with Crippen molar-refractivity contribution in [1.82, 2.24) is 10.6 Å². The van der Waals surface area contributed by atoms with Crippen molar-refractivity contribution in [2.24, 2.45) is 0 Å². The maximum absolute atomic E-state index is 13.8. The van der Waals surface area contributed by atoms with Crippen molar-refractivity contribution in [3.05, 3.63) is 131 Å². The molecule has 0 saturated heterocycles. The molecule has 0 heterocycles. The molecule has 0 fully saturated rings. The first-order valence-electron chi connectivity index (χ1n) is 15.2. The van der Waals surface area contributed by atoms with E-state index in [1.807, 2.05) is 84.2 Å². The second-order valence-corrected chi connectivity index (χ2v) is 11.2. The van der Waals surface area contributed by atoms with Crippen molar-refractivity contribution in [3.8, 4) is 11.1 Å². The number of allylic oxidation sites excluding steroid dienone is 2. The van der Waals surface area contributed by atoms with Crippen LogP contribution in [-0.4, -0.2) is 35.5 Å². The van der Waals surface area contributed by atoms with Gasteiger partial charge in [-0.1, -0.05) is 84.9 Å². The van der Waals surface area contributed by atoms with E-state index in [2.05, 4.69) is 11.4 Å². The fourth-order valence-electron chi connectivity index (χ4n) is 5.39. The van der Waals surface area contributed by atoms with Gasteiger partial charge in [0.15, 0.2) is 0 Å². The number of amides is 3. The SMILES string of the molecule is O=C(NCC(F)(F)C(=O)O)c1ccc(CN(C(=O)NCc2ccccc2-c2ccccc2)c2ccc(C3=CCCCC3)cc2)cc1. The molecule has 0 spiro atoms. The summed E-state index contributed by atoms with van der Waals surface area (Å²) in [4.78, 5) is 38.4. The molecule has 0 saturated carbocycles. The number of halogens is 2. The first-order chi connectivity index (χ1) is 22.2. The summed E-state index contributed by atoms with van der Waals surface area (Å²) in [5.41, 5.74) is 6.94. The lowest BCUT2D eigenvalue weighted by molar-refractivity contribution is -0.163. The van der Waals surface area contributed by atoms with Gasteiger partial charge in [0, 0.05) is 17.8 Å². The highest BCUT2D eigenvalue weighted by Crippen LogP contribution is 2.29. The molecule has 1 aliphatic rings. The molecule has 0 aromatic heterocycles. The van der Waals surface area contributed by atoms with Crippen LogP contribution in [0.5, 0.6) is 0 Å². The quantitative estimate of drug-likeness (QED) is 0.160. The van der Waals surface area contributed by atoms with Gasteiger partial charge in [-0.3, -0.25) is 9.69 Å². The number of aliphatic carboxylic acids is 1. The lowest BCUT2D eigenvalue weighted by Crippen LogP contribution is -2.42. The standard InChI is InChI=1S/C37H35F2N3O4/c38-37(39,35(44)45)25-41-34(43)30-17-15-26(16-18-30)24-42(32-21-19-28(20-22-32)27-9-3-1-4-10-27)36(46)40-23-31-13-7-8-14-33(31)29-11-5-2-6-12-29/h2,5-9,11-22H,1,3-4,10,23-25H2,(H,40,46)(H,41,43)(H,44,45). The van der Waals surface area contributed by atoms with Gasteiger partial charge >= 0.3 is 17.9 Å². The molecular formula is C37H35F2N3O4. The Balaban J connectivity index is 1.34. The largest absolute Gasteiger partial charge is 0.477 e. The molecule has 0 radical (unpaired) electrons. The molecule has 0 unspecified atom stereocenters. The number of hydrogen-bond donors (Lipinski definition) is 3. The molecule has 3 N–H and O–H groups in total. The molecule has 4 aromatic carbocycles. The van der Waals surface area contributed by atoms with Crippen molar-refractivity contribution in [3.63, 3.8) is 0 Å². The number of hydrogen-bond acceptors (Lipinski definition) is 3. The Kier molecular flexibility index (Phi) is 10.2. The maximum atomic E-state index is 13.8. The minimum absolute atomic E-state index is 0.0866. The molecule has 9 heteroatoms. The van der Waals surface area contributed by atoms with Crippen LogP contribution < -0.4 is 15.5 Å². The Hall–Kier alpha value is -5.31. The lowest BCUT2D eigenvalue weighted by atomic mass is 9.93. The second kappa shape index (κ2) is 14.6. The van der Waals surface area contributed by atoms with Crippen molar-refractivity contribution in [1.29, 1.82) is 0 Å². The van der Waals surface area contributed by atoms with E-state index >= 15 is 0 Å². The Morgan fingerprint density at radius 3 is 2.15 bits per heavy atom. The number of carboxylic acids is 1. The van der Waals surface area contributed by atoms with Crippen LogP contribution in [0.4, 0.5) is 19.3 Å². The number of carbonyl (C=O) groups is 3. The third-order valence-corrected chi connectivity index (χ3v) is 7.96. The number of carbonyl (C=O) groups excluding carboxylic acids is 2. The third kappa shape index (κ3) is 8.04. The average molecular weight is 624 g/mol. The molecular weight excluding hydrogens is 588 g/mol. The second-order valence-electron chi connectivity index (χ2n) is 11.2. The highest BCUT2D eigenvalue weighted by atomic mass is 19.3. The Bertz CT molecular complexity index is 1710.